The summed E-state index contributed by atoms with van der Waals surface area (Å²) < 4.78 is 11.6. The van der Waals surface area contributed by atoms with E-state index in [1.165, 1.54) is 22.6 Å². The van der Waals surface area contributed by atoms with Crippen LogP contribution in [0.5, 0.6) is 0 Å². The van der Waals surface area contributed by atoms with Gasteiger partial charge in [-0.2, -0.15) is 0 Å². The molecule has 35 heavy (non-hydrogen) atoms. The predicted octanol–water partition coefficient (Wildman–Crippen LogP) is 5.25. The van der Waals surface area contributed by atoms with Gasteiger partial charge in [0.2, 0.25) is 0 Å². The summed E-state index contributed by atoms with van der Waals surface area (Å²) in [7, 11) is 3.31. The number of anilines is 1. The van der Waals surface area contributed by atoms with Crippen LogP contribution in [0.4, 0.5) is 5.69 Å². The average Bonchev–Trinajstić information content (AvgIpc) is 3.31. The number of rotatable bonds is 6. The van der Waals surface area contributed by atoms with Crippen molar-refractivity contribution >= 4 is 29.0 Å². The summed E-state index contributed by atoms with van der Waals surface area (Å²) >= 11 is 1.45. The lowest BCUT2D eigenvalue weighted by atomic mass is 9.95. The lowest BCUT2D eigenvalue weighted by molar-refractivity contribution is -0.232. The van der Waals surface area contributed by atoms with E-state index >= 15 is 0 Å². The zero-order chi connectivity index (χ0) is 24.4. The lowest BCUT2D eigenvalue weighted by Crippen LogP contribution is -2.59. The summed E-state index contributed by atoms with van der Waals surface area (Å²) in [6, 6.07) is 18.4. The second kappa shape index (κ2) is 9.93. The van der Waals surface area contributed by atoms with Gasteiger partial charge in [0.25, 0.3) is 5.91 Å². The van der Waals surface area contributed by atoms with Crippen molar-refractivity contribution in [1.29, 1.82) is 0 Å². The number of likely N-dealkylation sites (tertiary alicyclic amines) is 1. The standard InChI is InChI=1S/C28H31N3O3S/c1-20-29-25(22-11-5-4-6-12-22)26(35-20)27(32)31-19-28(33-2,34-3)16-15-23(31)18-30-17-9-13-21-10-7-8-14-24(21)30/h4-14,23H,15-19H2,1-3H3. The molecule has 0 N–H and O–H groups in total. The molecule has 0 bridgehead atoms. The maximum Gasteiger partial charge on any atom is 0.266 e. The van der Waals surface area contributed by atoms with Crippen LogP contribution in [-0.2, 0) is 9.47 Å². The minimum atomic E-state index is -0.807. The molecular formula is C28H31N3O3S. The van der Waals surface area contributed by atoms with Crippen LogP contribution in [0.1, 0.15) is 33.1 Å². The van der Waals surface area contributed by atoms with E-state index in [0.29, 0.717) is 11.4 Å². The largest absolute Gasteiger partial charge is 0.365 e. The Labute approximate surface area is 210 Å². The van der Waals surface area contributed by atoms with Crippen LogP contribution in [0.25, 0.3) is 17.3 Å². The molecule has 2 aromatic carbocycles. The zero-order valence-electron chi connectivity index (χ0n) is 20.4. The molecule has 2 aliphatic heterocycles. The van der Waals surface area contributed by atoms with Gasteiger partial charge in [-0.3, -0.25) is 4.79 Å². The summed E-state index contributed by atoms with van der Waals surface area (Å²) in [5.74, 6) is -0.822. The number of hydrogen-bond acceptors (Lipinski definition) is 6. The van der Waals surface area contributed by atoms with Crippen molar-refractivity contribution < 1.29 is 14.3 Å². The van der Waals surface area contributed by atoms with Crippen LogP contribution in [0.15, 0.2) is 60.7 Å². The number of amides is 1. The number of aromatic nitrogens is 1. The Morgan fingerprint density at radius 3 is 2.63 bits per heavy atom. The molecule has 1 atom stereocenters. The van der Waals surface area contributed by atoms with E-state index in [1.54, 1.807) is 14.2 Å². The van der Waals surface area contributed by atoms with Crippen LogP contribution in [0.3, 0.4) is 0 Å². The second-order valence-electron chi connectivity index (χ2n) is 9.09. The third-order valence-corrected chi connectivity index (χ3v) is 7.98. The third kappa shape index (κ3) is 4.63. The molecule has 7 heteroatoms. The van der Waals surface area contributed by atoms with Gasteiger partial charge in [0, 0.05) is 51.0 Å². The van der Waals surface area contributed by atoms with E-state index in [9.17, 15) is 4.79 Å². The molecule has 6 nitrogen and oxygen atoms in total. The number of carbonyl (C=O) groups excluding carboxylic acids is 1. The molecule has 0 saturated carbocycles. The molecule has 1 aromatic heterocycles. The zero-order valence-corrected chi connectivity index (χ0v) is 21.3. The van der Waals surface area contributed by atoms with E-state index in [2.05, 4.69) is 41.3 Å². The van der Waals surface area contributed by atoms with E-state index in [0.717, 1.165) is 42.2 Å². The first-order valence-electron chi connectivity index (χ1n) is 12.0. The van der Waals surface area contributed by atoms with Crippen molar-refractivity contribution in [1.82, 2.24) is 9.88 Å². The number of nitrogens with zero attached hydrogens (tertiary/aromatic N) is 3. The van der Waals surface area contributed by atoms with Gasteiger partial charge >= 0.3 is 0 Å². The molecule has 5 rings (SSSR count). The van der Waals surface area contributed by atoms with Crippen molar-refractivity contribution in [3.8, 4) is 11.3 Å². The number of hydrogen-bond donors (Lipinski definition) is 0. The minimum absolute atomic E-state index is 0.0153. The van der Waals surface area contributed by atoms with E-state index in [4.69, 9.17) is 14.5 Å². The molecule has 1 amide bonds. The van der Waals surface area contributed by atoms with Gasteiger partial charge in [-0.05, 0) is 25.0 Å². The Bertz CT molecular complexity index is 1220. The minimum Gasteiger partial charge on any atom is -0.365 e. The first-order valence-corrected chi connectivity index (χ1v) is 12.8. The molecule has 3 aromatic rings. The van der Waals surface area contributed by atoms with Gasteiger partial charge in [-0.25, -0.2) is 4.98 Å². The van der Waals surface area contributed by atoms with Gasteiger partial charge in [-0.15, -0.1) is 11.3 Å². The van der Waals surface area contributed by atoms with Crippen LogP contribution in [-0.4, -0.2) is 61.5 Å². The molecule has 3 heterocycles. The SMILES string of the molecule is COC1(OC)CCC(CN2CC=Cc3ccccc32)N(C(=O)c2sc(C)nc2-c2ccccc2)C1. The molecule has 2 aliphatic rings. The van der Waals surface area contributed by atoms with Crippen LogP contribution < -0.4 is 4.90 Å². The number of thiazole rings is 1. The molecule has 0 radical (unpaired) electrons. The highest BCUT2D eigenvalue weighted by Crippen LogP contribution is 2.36. The van der Waals surface area contributed by atoms with Gasteiger partial charge in [-0.1, -0.05) is 60.7 Å². The highest BCUT2D eigenvalue weighted by molar-refractivity contribution is 7.14. The fourth-order valence-corrected chi connectivity index (χ4v) is 5.99. The molecule has 0 spiro atoms. The fourth-order valence-electron chi connectivity index (χ4n) is 5.10. The number of aryl methyl sites for hydroxylation is 1. The van der Waals surface area contributed by atoms with Crippen molar-refractivity contribution in [2.75, 3.05) is 38.8 Å². The Morgan fingerprint density at radius 1 is 1.11 bits per heavy atom. The molecular weight excluding hydrogens is 458 g/mol. The first-order chi connectivity index (χ1) is 17.0. The first kappa shape index (κ1) is 23.7. The number of fused-ring (bicyclic) bond motifs is 1. The Kier molecular flexibility index (Phi) is 6.73. The molecule has 1 saturated heterocycles. The number of piperidine rings is 1. The van der Waals surface area contributed by atoms with Crippen molar-refractivity contribution in [2.24, 2.45) is 0 Å². The number of methoxy groups -OCH3 is 2. The van der Waals surface area contributed by atoms with Gasteiger partial charge in [0.1, 0.15) is 4.88 Å². The van der Waals surface area contributed by atoms with Crippen molar-refractivity contribution in [2.45, 2.75) is 31.6 Å². The smallest absolute Gasteiger partial charge is 0.266 e. The van der Waals surface area contributed by atoms with Crippen LogP contribution in [0, 0.1) is 6.92 Å². The van der Waals surface area contributed by atoms with Crippen molar-refractivity contribution in [3.05, 3.63) is 76.1 Å². The predicted molar refractivity (Wildman–Crippen MR) is 141 cm³/mol. The molecule has 1 unspecified atom stereocenters. The number of benzene rings is 2. The fraction of sp³-hybridized carbons (Fsp3) is 0.357. The van der Waals surface area contributed by atoms with Gasteiger partial charge in [0.15, 0.2) is 5.79 Å². The van der Waals surface area contributed by atoms with E-state index in [1.807, 2.05) is 42.2 Å². The second-order valence-corrected chi connectivity index (χ2v) is 10.3. The third-order valence-electron chi connectivity index (χ3n) is 7.02. The normalized spacial score (nSPS) is 19.0. The summed E-state index contributed by atoms with van der Waals surface area (Å²) in [6.45, 7) is 3.90. The number of ether oxygens (including phenoxy) is 2. The van der Waals surface area contributed by atoms with Crippen molar-refractivity contribution in [3.63, 3.8) is 0 Å². The molecule has 0 aliphatic carbocycles. The Morgan fingerprint density at radius 2 is 1.86 bits per heavy atom. The topological polar surface area (TPSA) is 54.9 Å². The summed E-state index contributed by atoms with van der Waals surface area (Å²) in [6.07, 6.45) is 5.87. The van der Waals surface area contributed by atoms with E-state index < -0.39 is 5.79 Å². The monoisotopic (exact) mass is 489 g/mol. The van der Waals surface area contributed by atoms with Crippen LogP contribution >= 0.6 is 11.3 Å². The van der Waals surface area contributed by atoms with E-state index in [-0.39, 0.29) is 11.9 Å². The highest BCUT2D eigenvalue weighted by Gasteiger charge is 2.43. The van der Waals surface area contributed by atoms with Crippen LogP contribution in [0.2, 0.25) is 0 Å². The number of carbonyl (C=O) groups is 1. The maximum absolute atomic E-state index is 14.2. The highest BCUT2D eigenvalue weighted by atomic mass is 32.1. The Hall–Kier alpha value is -3.00. The maximum atomic E-state index is 14.2. The average molecular weight is 490 g/mol. The summed E-state index contributed by atoms with van der Waals surface area (Å²) in [5.41, 5.74) is 4.11. The summed E-state index contributed by atoms with van der Waals surface area (Å²) in [5, 5.41) is 0.876. The molecule has 182 valence electrons. The molecule has 1 fully saturated rings. The summed E-state index contributed by atoms with van der Waals surface area (Å²) in [4.78, 5) is 23.9. The quantitative estimate of drug-likeness (QED) is 0.443. The van der Waals surface area contributed by atoms with Gasteiger partial charge < -0.3 is 19.3 Å². The Balaban J connectivity index is 1.49. The van der Waals surface area contributed by atoms with Gasteiger partial charge in [0.05, 0.1) is 17.2 Å². The number of para-hydroxylation sites is 1. The lowest BCUT2D eigenvalue weighted by Gasteiger charge is -2.46.